The summed E-state index contributed by atoms with van der Waals surface area (Å²) >= 11 is 0. The van der Waals surface area contributed by atoms with Gasteiger partial charge in [-0.25, -0.2) is 4.39 Å². The van der Waals surface area contributed by atoms with E-state index in [9.17, 15) is 4.39 Å². The largest absolute Gasteiger partial charge is 0.277 e. The molecule has 0 spiro atoms. The number of aromatic nitrogens is 2. The van der Waals surface area contributed by atoms with Crippen molar-refractivity contribution in [3.63, 3.8) is 0 Å². The number of benzene rings is 3. The van der Waals surface area contributed by atoms with Gasteiger partial charge >= 0.3 is 0 Å². The van der Waals surface area contributed by atoms with Crippen molar-refractivity contribution in [1.82, 2.24) is 10.2 Å². The maximum atomic E-state index is 13.1. The van der Waals surface area contributed by atoms with Crippen molar-refractivity contribution >= 4 is 23.1 Å². The average molecular weight is 344 g/mol. The van der Waals surface area contributed by atoms with E-state index in [2.05, 4.69) is 40.5 Å². The predicted octanol–water partition coefficient (Wildman–Crippen LogP) is 6.57. The van der Waals surface area contributed by atoms with Crippen molar-refractivity contribution in [2.24, 2.45) is 0 Å². The Morgan fingerprint density at radius 2 is 1.50 bits per heavy atom. The Balaban J connectivity index is 0.000000948. The maximum absolute atomic E-state index is 13.1. The van der Waals surface area contributed by atoms with Crippen LogP contribution in [0.1, 0.15) is 25.0 Å². The van der Waals surface area contributed by atoms with E-state index in [0.29, 0.717) is 0 Å². The second-order valence-electron chi connectivity index (χ2n) is 5.63. The highest BCUT2D eigenvalue weighted by atomic mass is 19.1. The summed E-state index contributed by atoms with van der Waals surface area (Å²) in [4.78, 5) is 0. The van der Waals surface area contributed by atoms with Crippen LogP contribution in [0.5, 0.6) is 0 Å². The van der Waals surface area contributed by atoms with Gasteiger partial charge in [-0.3, -0.25) is 5.10 Å². The van der Waals surface area contributed by atoms with Gasteiger partial charge in [-0.2, -0.15) is 5.10 Å². The zero-order valence-corrected chi connectivity index (χ0v) is 14.9. The SMILES string of the molecule is CC.Fc1ccc(-c2n[nH]c3ccc(/C=C/c4ccccc4)cc23)cc1. The van der Waals surface area contributed by atoms with Crippen molar-refractivity contribution in [2.45, 2.75) is 13.8 Å². The Hall–Kier alpha value is -3.20. The fourth-order valence-electron chi connectivity index (χ4n) is 2.72. The van der Waals surface area contributed by atoms with E-state index >= 15 is 0 Å². The van der Waals surface area contributed by atoms with Gasteiger partial charge in [0.05, 0.1) is 11.2 Å². The first-order valence-corrected chi connectivity index (χ1v) is 8.77. The van der Waals surface area contributed by atoms with Crippen LogP contribution in [0.25, 0.3) is 34.3 Å². The first-order chi connectivity index (χ1) is 12.8. The fourth-order valence-corrected chi connectivity index (χ4v) is 2.72. The van der Waals surface area contributed by atoms with Crippen LogP contribution >= 0.6 is 0 Å². The lowest BCUT2D eigenvalue weighted by Crippen LogP contribution is -1.80. The molecule has 4 rings (SSSR count). The summed E-state index contributed by atoms with van der Waals surface area (Å²) in [6.45, 7) is 4.00. The molecule has 0 fully saturated rings. The Morgan fingerprint density at radius 3 is 2.23 bits per heavy atom. The molecular formula is C23H21FN2. The lowest BCUT2D eigenvalue weighted by Gasteiger charge is -1.99. The molecule has 0 saturated carbocycles. The van der Waals surface area contributed by atoms with Gasteiger partial charge in [0.1, 0.15) is 5.82 Å². The third-order valence-corrected chi connectivity index (χ3v) is 3.97. The minimum atomic E-state index is -0.245. The van der Waals surface area contributed by atoms with Crippen LogP contribution in [-0.2, 0) is 0 Å². The molecule has 0 aliphatic heterocycles. The molecular weight excluding hydrogens is 323 g/mol. The highest BCUT2D eigenvalue weighted by Crippen LogP contribution is 2.27. The zero-order valence-electron chi connectivity index (χ0n) is 14.9. The van der Waals surface area contributed by atoms with E-state index in [0.717, 1.165) is 33.3 Å². The van der Waals surface area contributed by atoms with Crippen molar-refractivity contribution in [3.05, 3.63) is 89.7 Å². The summed E-state index contributed by atoms with van der Waals surface area (Å²) in [5.74, 6) is -0.245. The Morgan fingerprint density at radius 1 is 0.808 bits per heavy atom. The first kappa shape index (κ1) is 17.6. The highest BCUT2D eigenvalue weighted by Gasteiger charge is 2.08. The van der Waals surface area contributed by atoms with Crippen LogP contribution in [0.4, 0.5) is 4.39 Å². The summed E-state index contributed by atoms with van der Waals surface area (Å²) in [5.41, 5.74) is 4.94. The van der Waals surface area contributed by atoms with Gasteiger partial charge in [-0.05, 0) is 47.5 Å². The van der Waals surface area contributed by atoms with Crippen LogP contribution in [0.2, 0.25) is 0 Å². The maximum Gasteiger partial charge on any atom is 0.123 e. The smallest absolute Gasteiger partial charge is 0.123 e. The summed E-state index contributed by atoms with van der Waals surface area (Å²) in [6.07, 6.45) is 4.16. The van der Waals surface area contributed by atoms with Crippen LogP contribution in [-0.4, -0.2) is 10.2 Å². The van der Waals surface area contributed by atoms with Gasteiger partial charge in [0.25, 0.3) is 0 Å². The van der Waals surface area contributed by atoms with Crippen LogP contribution < -0.4 is 0 Å². The van der Waals surface area contributed by atoms with Gasteiger partial charge in [-0.15, -0.1) is 0 Å². The third kappa shape index (κ3) is 3.89. The molecule has 0 unspecified atom stereocenters. The third-order valence-electron chi connectivity index (χ3n) is 3.97. The van der Waals surface area contributed by atoms with Crippen LogP contribution in [0.3, 0.4) is 0 Å². The fraction of sp³-hybridized carbons (Fsp3) is 0.0870. The summed E-state index contributed by atoms with van der Waals surface area (Å²) in [7, 11) is 0. The number of hydrogen-bond acceptors (Lipinski definition) is 1. The number of hydrogen-bond donors (Lipinski definition) is 1. The Labute approximate surface area is 153 Å². The van der Waals surface area contributed by atoms with Crippen molar-refractivity contribution in [2.75, 3.05) is 0 Å². The molecule has 3 aromatic carbocycles. The normalized spacial score (nSPS) is 10.7. The number of nitrogens with one attached hydrogen (secondary N) is 1. The standard InChI is InChI=1S/C21H15FN2.C2H6/c22-18-11-9-17(10-12-18)21-19-14-16(8-13-20(19)23-24-21)7-6-15-4-2-1-3-5-15;1-2/h1-14H,(H,23,24);1-2H3/b7-6+;. The van der Waals surface area contributed by atoms with Gasteiger partial charge in [-0.1, -0.05) is 62.4 Å². The van der Waals surface area contributed by atoms with E-state index in [1.165, 1.54) is 12.1 Å². The van der Waals surface area contributed by atoms with Crippen LogP contribution in [0, 0.1) is 5.82 Å². The molecule has 26 heavy (non-hydrogen) atoms. The van der Waals surface area contributed by atoms with Gasteiger partial charge < -0.3 is 0 Å². The van der Waals surface area contributed by atoms with E-state index in [1.807, 2.05) is 44.2 Å². The molecule has 2 nitrogen and oxygen atoms in total. The lowest BCUT2D eigenvalue weighted by molar-refractivity contribution is 0.628. The Bertz CT molecular complexity index is 1000. The molecule has 1 aromatic heterocycles. The van der Waals surface area contributed by atoms with Gasteiger partial charge in [0, 0.05) is 10.9 Å². The van der Waals surface area contributed by atoms with Crippen molar-refractivity contribution < 1.29 is 4.39 Å². The Kier molecular flexibility index (Phi) is 5.59. The minimum absolute atomic E-state index is 0.245. The second kappa shape index (κ2) is 8.26. The minimum Gasteiger partial charge on any atom is -0.277 e. The molecule has 0 radical (unpaired) electrons. The molecule has 1 N–H and O–H groups in total. The molecule has 130 valence electrons. The van der Waals surface area contributed by atoms with E-state index in [4.69, 9.17) is 0 Å². The number of fused-ring (bicyclic) bond motifs is 1. The predicted molar refractivity (Wildman–Crippen MR) is 108 cm³/mol. The number of H-pyrrole nitrogens is 1. The number of aromatic amines is 1. The summed E-state index contributed by atoms with van der Waals surface area (Å²) < 4.78 is 13.1. The molecule has 0 amide bonds. The summed E-state index contributed by atoms with van der Waals surface area (Å²) in [6, 6.07) is 22.7. The molecule has 0 bridgehead atoms. The molecule has 0 saturated heterocycles. The number of halogens is 1. The molecule has 0 aliphatic rings. The number of rotatable bonds is 3. The molecule has 0 atom stereocenters. The van der Waals surface area contributed by atoms with Gasteiger partial charge in [0.15, 0.2) is 0 Å². The second-order valence-corrected chi connectivity index (χ2v) is 5.63. The monoisotopic (exact) mass is 344 g/mol. The quantitative estimate of drug-likeness (QED) is 0.419. The lowest BCUT2D eigenvalue weighted by atomic mass is 10.0. The van der Waals surface area contributed by atoms with Gasteiger partial charge in [0.2, 0.25) is 0 Å². The topological polar surface area (TPSA) is 28.7 Å². The summed E-state index contributed by atoms with van der Waals surface area (Å²) in [5, 5.41) is 8.44. The van der Waals surface area contributed by atoms with Crippen molar-refractivity contribution in [3.8, 4) is 11.3 Å². The van der Waals surface area contributed by atoms with Crippen molar-refractivity contribution in [1.29, 1.82) is 0 Å². The molecule has 1 heterocycles. The highest BCUT2D eigenvalue weighted by molar-refractivity contribution is 5.94. The first-order valence-electron chi connectivity index (χ1n) is 8.77. The number of nitrogens with zero attached hydrogens (tertiary/aromatic N) is 1. The molecule has 4 aromatic rings. The van der Waals surface area contributed by atoms with Crippen LogP contribution in [0.15, 0.2) is 72.8 Å². The zero-order chi connectivity index (χ0) is 18.4. The molecule has 3 heteroatoms. The van der Waals surface area contributed by atoms with E-state index < -0.39 is 0 Å². The van der Waals surface area contributed by atoms with E-state index in [1.54, 1.807) is 12.1 Å². The molecule has 0 aliphatic carbocycles. The average Bonchev–Trinajstić information content (AvgIpc) is 3.13. The van der Waals surface area contributed by atoms with E-state index in [-0.39, 0.29) is 5.82 Å².